The molecule has 5 heteroatoms. The quantitative estimate of drug-likeness (QED) is 0.425. The van der Waals surface area contributed by atoms with Crippen molar-refractivity contribution in [3.63, 3.8) is 0 Å². The Morgan fingerprint density at radius 3 is 2.41 bits per heavy atom. The molecule has 2 unspecified atom stereocenters. The number of piperidine rings is 1. The van der Waals surface area contributed by atoms with E-state index in [1.54, 1.807) is 0 Å². The zero-order chi connectivity index (χ0) is 23.9. The largest absolute Gasteiger partial charge is 0.490 e. The molecule has 1 aliphatic rings. The maximum absolute atomic E-state index is 12.1. The van der Waals surface area contributed by atoms with Crippen LogP contribution in [0.3, 0.4) is 0 Å². The van der Waals surface area contributed by atoms with Crippen LogP contribution < -0.4 is 9.47 Å². The average molecular weight is 460 g/mol. The lowest BCUT2D eigenvalue weighted by Gasteiger charge is -2.39. The molecular formula is C29H33NO4. The van der Waals surface area contributed by atoms with Crippen LogP contribution in [0.4, 0.5) is 0 Å². The monoisotopic (exact) mass is 459 g/mol. The van der Waals surface area contributed by atoms with Gasteiger partial charge in [0.05, 0.1) is 12.6 Å². The van der Waals surface area contributed by atoms with Crippen molar-refractivity contribution in [3.8, 4) is 11.5 Å². The summed E-state index contributed by atoms with van der Waals surface area (Å²) in [5, 5.41) is 9.97. The summed E-state index contributed by atoms with van der Waals surface area (Å²) in [7, 11) is 0. The third kappa shape index (κ3) is 5.60. The molecule has 2 atom stereocenters. The molecule has 0 amide bonds. The zero-order valence-corrected chi connectivity index (χ0v) is 19.9. The number of carboxylic acid groups (broad SMARTS) is 1. The van der Waals surface area contributed by atoms with Gasteiger partial charge in [0.1, 0.15) is 12.6 Å². The lowest BCUT2D eigenvalue weighted by molar-refractivity contribution is -0.145. The summed E-state index contributed by atoms with van der Waals surface area (Å²) in [5.74, 6) is 0.604. The van der Waals surface area contributed by atoms with E-state index in [0.29, 0.717) is 31.1 Å². The van der Waals surface area contributed by atoms with Gasteiger partial charge in [-0.05, 0) is 62.1 Å². The Hall–Kier alpha value is -3.31. The van der Waals surface area contributed by atoms with Gasteiger partial charge in [0.25, 0.3) is 0 Å². The van der Waals surface area contributed by atoms with E-state index in [4.69, 9.17) is 9.47 Å². The molecule has 0 bridgehead atoms. The number of hydrogen-bond donors (Lipinski definition) is 1. The van der Waals surface area contributed by atoms with E-state index in [1.165, 1.54) is 5.56 Å². The molecule has 3 aromatic rings. The number of carboxylic acids is 1. The summed E-state index contributed by atoms with van der Waals surface area (Å²) >= 11 is 0. The van der Waals surface area contributed by atoms with Crippen molar-refractivity contribution in [2.24, 2.45) is 0 Å². The van der Waals surface area contributed by atoms with E-state index in [0.717, 1.165) is 36.1 Å². The molecule has 0 radical (unpaired) electrons. The summed E-state index contributed by atoms with van der Waals surface area (Å²) in [6, 6.07) is 23.7. The smallest absolute Gasteiger partial charge is 0.320 e. The number of aliphatic carboxylic acids is 1. The molecule has 1 fully saturated rings. The molecular weight excluding hydrogens is 426 g/mol. The number of hydrogen-bond acceptors (Lipinski definition) is 4. The molecule has 1 heterocycles. The highest BCUT2D eigenvalue weighted by atomic mass is 16.5. The average Bonchev–Trinajstić information content (AvgIpc) is 2.86. The van der Waals surface area contributed by atoms with Crippen LogP contribution in [0.1, 0.15) is 54.5 Å². The minimum absolute atomic E-state index is 0.177. The van der Waals surface area contributed by atoms with Gasteiger partial charge in [-0.25, -0.2) is 0 Å². The summed E-state index contributed by atoms with van der Waals surface area (Å²) in [4.78, 5) is 14.3. The van der Waals surface area contributed by atoms with Gasteiger partial charge in [0.15, 0.2) is 11.5 Å². The van der Waals surface area contributed by atoms with Crippen molar-refractivity contribution in [1.29, 1.82) is 0 Å². The second-order valence-electron chi connectivity index (χ2n) is 8.81. The van der Waals surface area contributed by atoms with Crippen LogP contribution in [0.2, 0.25) is 0 Å². The lowest BCUT2D eigenvalue weighted by Crippen LogP contribution is -2.46. The number of nitrogens with zero attached hydrogens (tertiary/aromatic N) is 1. The second kappa shape index (κ2) is 11.2. The van der Waals surface area contributed by atoms with Gasteiger partial charge in [-0.2, -0.15) is 0 Å². The zero-order valence-electron chi connectivity index (χ0n) is 19.9. The molecule has 0 saturated carbocycles. The molecule has 0 aromatic heterocycles. The van der Waals surface area contributed by atoms with Crippen LogP contribution in [0, 0.1) is 6.92 Å². The van der Waals surface area contributed by atoms with Crippen LogP contribution >= 0.6 is 0 Å². The molecule has 1 N–H and O–H groups in total. The highest BCUT2D eigenvalue weighted by Crippen LogP contribution is 2.38. The fourth-order valence-electron chi connectivity index (χ4n) is 4.67. The number of rotatable bonds is 9. The minimum atomic E-state index is -0.760. The lowest BCUT2D eigenvalue weighted by atomic mass is 9.91. The normalized spacial score (nSPS) is 17.2. The van der Waals surface area contributed by atoms with E-state index >= 15 is 0 Å². The van der Waals surface area contributed by atoms with Gasteiger partial charge in [0, 0.05) is 0 Å². The maximum Gasteiger partial charge on any atom is 0.320 e. The van der Waals surface area contributed by atoms with Gasteiger partial charge in [0.2, 0.25) is 0 Å². The Labute approximate surface area is 201 Å². The molecule has 178 valence electrons. The third-order valence-corrected chi connectivity index (χ3v) is 6.37. The molecule has 5 nitrogen and oxygen atoms in total. The summed E-state index contributed by atoms with van der Waals surface area (Å²) in [6.45, 7) is 5.73. The SMILES string of the molecule is CCOc1cc(C(c2ccc(C)cc2)N2CCCCC2C(=O)O)ccc1OCc1ccccc1. The number of benzene rings is 3. The van der Waals surface area contributed by atoms with E-state index in [1.807, 2.05) is 55.5 Å². The van der Waals surface area contributed by atoms with Crippen LogP contribution in [-0.4, -0.2) is 35.2 Å². The first-order chi connectivity index (χ1) is 16.6. The van der Waals surface area contributed by atoms with Gasteiger partial charge >= 0.3 is 5.97 Å². The molecule has 34 heavy (non-hydrogen) atoms. The maximum atomic E-state index is 12.1. The number of ether oxygens (including phenoxy) is 2. The Morgan fingerprint density at radius 1 is 0.971 bits per heavy atom. The highest BCUT2D eigenvalue weighted by Gasteiger charge is 2.35. The van der Waals surface area contributed by atoms with Crippen molar-refractivity contribution in [2.75, 3.05) is 13.2 Å². The Bertz CT molecular complexity index is 1080. The first-order valence-electron chi connectivity index (χ1n) is 12.1. The first kappa shape index (κ1) is 23.8. The van der Waals surface area contributed by atoms with Crippen LogP contribution in [0.15, 0.2) is 72.8 Å². The van der Waals surface area contributed by atoms with Crippen molar-refractivity contribution in [3.05, 3.63) is 95.1 Å². The van der Waals surface area contributed by atoms with E-state index in [-0.39, 0.29) is 6.04 Å². The number of likely N-dealkylation sites (tertiary alicyclic amines) is 1. The van der Waals surface area contributed by atoms with Gasteiger partial charge < -0.3 is 14.6 Å². The van der Waals surface area contributed by atoms with Crippen LogP contribution in [0.5, 0.6) is 11.5 Å². The Balaban J connectivity index is 1.70. The van der Waals surface area contributed by atoms with Gasteiger partial charge in [-0.1, -0.05) is 72.6 Å². The van der Waals surface area contributed by atoms with Gasteiger partial charge in [-0.3, -0.25) is 9.69 Å². The molecule has 1 saturated heterocycles. The van der Waals surface area contributed by atoms with E-state index in [2.05, 4.69) is 36.1 Å². The van der Waals surface area contributed by atoms with Crippen LogP contribution in [-0.2, 0) is 11.4 Å². The first-order valence-corrected chi connectivity index (χ1v) is 12.1. The predicted molar refractivity (Wildman–Crippen MR) is 133 cm³/mol. The van der Waals surface area contributed by atoms with Gasteiger partial charge in [-0.15, -0.1) is 0 Å². The van der Waals surface area contributed by atoms with E-state index in [9.17, 15) is 9.90 Å². The van der Waals surface area contributed by atoms with E-state index < -0.39 is 12.0 Å². The molecule has 0 spiro atoms. The fourth-order valence-corrected chi connectivity index (χ4v) is 4.67. The number of aryl methyl sites for hydroxylation is 1. The second-order valence-corrected chi connectivity index (χ2v) is 8.81. The predicted octanol–water partition coefficient (Wildman–Crippen LogP) is 6.00. The standard InChI is InChI=1S/C29H33NO4/c1-3-33-27-19-24(16-17-26(27)34-20-22-9-5-4-6-10-22)28(23-14-12-21(2)13-15-23)30-18-8-7-11-25(30)29(31)32/h4-6,9-10,12-17,19,25,28H,3,7-8,11,18,20H2,1-2H3,(H,31,32). The van der Waals surface area contributed by atoms with Crippen molar-refractivity contribution in [2.45, 2.75) is 51.8 Å². The van der Waals surface area contributed by atoms with Crippen LogP contribution in [0.25, 0.3) is 0 Å². The Morgan fingerprint density at radius 2 is 1.71 bits per heavy atom. The topological polar surface area (TPSA) is 59.0 Å². The Kier molecular flexibility index (Phi) is 7.86. The summed E-state index contributed by atoms with van der Waals surface area (Å²) in [5.41, 5.74) is 4.35. The summed E-state index contributed by atoms with van der Waals surface area (Å²) in [6.07, 6.45) is 2.58. The number of carbonyl (C=O) groups is 1. The molecule has 3 aromatic carbocycles. The third-order valence-electron chi connectivity index (χ3n) is 6.37. The fraction of sp³-hybridized carbons (Fsp3) is 0.345. The van der Waals surface area contributed by atoms with Crippen molar-refractivity contribution in [1.82, 2.24) is 4.90 Å². The van der Waals surface area contributed by atoms with Crippen molar-refractivity contribution >= 4 is 5.97 Å². The molecule has 1 aliphatic heterocycles. The van der Waals surface area contributed by atoms with Crippen molar-refractivity contribution < 1.29 is 19.4 Å². The molecule has 4 rings (SSSR count). The molecule has 0 aliphatic carbocycles. The highest BCUT2D eigenvalue weighted by molar-refractivity contribution is 5.73. The minimum Gasteiger partial charge on any atom is -0.490 e. The summed E-state index contributed by atoms with van der Waals surface area (Å²) < 4.78 is 12.1.